The van der Waals surface area contributed by atoms with E-state index in [0.717, 1.165) is 11.8 Å². The number of hydrogen-bond acceptors (Lipinski definition) is 1. The van der Waals surface area contributed by atoms with Crippen LogP contribution >= 0.6 is 12.6 Å². The van der Waals surface area contributed by atoms with Crippen LogP contribution in [0.5, 0.6) is 0 Å². The number of thiol groups is 1. The zero-order valence-corrected chi connectivity index (χ0v) is 15.5. The predicted octanol–water partition coefficient (Wildman–Crippen LogP) is 6.35. The van der Waals surface area contributed by atoms with Gasteiger partial charge in [-0.2, -0.15) is 12.6 Å². The number of fused-ring (bicyclic) bond motifs is 2. The summed E-state index contributed by atoms with van der Waals surface area (Å²) in [6.07, 6.45) is 9.90. The molecule has 0 N–H and O–H groups in total. The minimum Gasteiger partial charge on any atom is -0.176 e. The Hall–Kier alpha value is 0.350. The first kappa shape index (κ1) is 16.7. The number of rotatable bonds is 3. The Morgan fingerprint density at radius 2 is 1.75 bits per heavy atom. The van der Waals surface area contributed by atoms with E-state index in [1.165, 1.54) is 44.9 Å². The molecule has 1 heteroatoms. The molecule has 0 radical (unpaired) electrons. The first-order valence-electron chi connectivity index (χ1n) is 8.93. The van der Waals surface area contributed by atoms with Crippen molar-refractivity contribution in [3.63, 3.8) is 0 Å². The summed E-state index contributed by atoms with van der Waals surface area (Å²) in [7, 11) is 0. The van der Waals surface area contributed by atoms with Gasteiger partial charge in [-0.05, 0) is 66.6 Å². The van der Waals surface area contributed by atoms with Crippen LogP contribution in [0.3, 0.4) is 0 Å². The molecule has 0 nitrogen and oxygen atoms in total. The van der Waals surface area contributed by atoms with Crippen LogP contribution in [-0.4, -0.2) is 5.25 Å². The monoisotopic (exact) mass is 296 g/mol. The summed E-state index contributed by atoms with van der Waals surface area (Å²) in [5.74, 6) is 1.75. The van der Waals surface area contributed by atoms with Crippen LogP contribution in [-0.2, 0) is 0 Å². The summed E-state index contributed by atoms with van der Waals surface area (Å²) in [5.41, 5.74) is 1.59. The second kappa shape index (κ2) is 5.52. The van der Waals surface area contributed by atoms with Gasteiger partial charge in [0, 0.05) is 5.25 Å². The molecule has 0 aromatic heterocycles. The Bertz CT molecular complexity index is 350. The van der Waals surface area contributed by atoms with Crippen LogP contribution < -0.4 is 0 Å². The fourth-order valence-corrected chi connectivity index (χ4v) is 5.98. The Labute approximate surface area is 132 Å². The van der Waals surface area contributed by atoms with Crippen LogP contribution in [0.2, 0.25) is 0 Å². The summed E-state index contributed by atoms with van der Waals surface area (Å²) >= 11 is 4.89. The van der Waals surface area contributed by atoms with Crippen molar-refractivity contribution in [3.8, 4) is 0 Å². The average Bonchev–Trinajstić information content (AvgIpc) is 2.54. The van der Waals surface area contributed by atoms with E-state index < -0.39 is 0 Å². The third-order valence-electron chi connectivity index (χ3n) is 8.30. The second-order valence-corrected chi connectivity index (χ2v) is 9.30. The van der Waals surface area contributed by atoms with Crippen molar-refractivity contribution in [2.45, 2.75) is 91.7 Å². The van der Waals surface area contributed by atoms with Crippen LogP contribution in [0.1, 0.15) is 86.5 Å². The quantitative estimate of drug-likeness (QED) is 0.576. The predicted molar refractivity (Wildman–Crippen MR) is 93.4 cm³/mol. The van der Waals surface area contributed by atoms with E-state index in [4.69, 9.17) is 12.6 Å². The molecule has 2 saturated carbocycles. The van der Waals surface area contributed by atoms with Crippen molar-refractivity contribution in [3.05, 3.63) is 0 Å². The fourth-order valence-electron chi connectivity index (χ4n) is 5.61. The number of hydrogen-bond donors (Lipinski definition) is 1. The molecular formula is C19H36S. The van der Waals surface area contributed by atoms with Crippen molar-refractivity contribution in [2.75, 3.05) is 0 Å². The van der Waals surface area contributed by atoms with Crippen molar-refractivity contribution in [1.82, 2.24) is 0 Å². The lowest BCUT2D eigenvalue weighted by Gasteiger charge is -2.54. The smallest absolute Gasteiger partial charge is 0.00449 e. The first-order chi connectivity index (χ1) is 9.24. The molecule has 20 heavy (non-hydrogen) atoms. The minimum atomic E-state index is 0.420. The van der Waals surface area contributed by atoms with Gasteiger partial charge in [0.25, 0.3) is 0 Å². The zero-order chi connectivity index (χ0) is 15.2. The van der Waals surface area contributed by atoms with Gasteiger partial charge in [-0.1, -0.05) is 48.0 Å². The molecule has 2 aliphatic rings. The molecule has 2 rings (SSSR count). The van der Waals surface area contributed by atoms with Crippen molar-refractivity contribution < 1.29 is 0 Å². The highest BCUT2D eigenvalue weighted by molar-refractivity contribution is 7.81. The molecule has 6 unspecified atom stereocenters. The normalized spacial score (nSPS) is 50.5. The van der Waals surface area contributed by atoms with Gasteiger partial charge in [-0.3, -0.25) is 0 Å². The van der Waals surface area contributed by atoms with E-state index >= 15 is 0 Å². The molecule has 0 saturated heterocycles. The van der Waals surface area contributed by atoms with Gasteiger partial charge in [0.05, 0.1) is 0 Å². The lowest BCUT2D eigenvalue weighted by molar-refractivity contribution is -0.0394. The molecule has 0 spiro atoms. The zero-order valence-electron chi connectivity index (χ0n) is 14.6. The van der Waals surface area contributed by atoms with Gasteiger partial charge in [0.1, 0.15) is 0 Å². The molecule has 6 atom stereocenters. The van der Waals surface area contributed by atoms with Crippen LogP contribution in [0.4, 0.5) is 0 Å². The Morgan fingerprint density at radius 3 is 2.25 bits per heavy atom. The topological polar surface area (TPSA) is 0 Å². The SMILES string of the molecule is CCC1(C)CCC2CC1(CC)CCC(C)(C(C)S)C2C. The summed E-state index contributed by atoms with van der Waals surface area (Å²) in [5, 5.41) is 0.513. The molecule has 0 aliphatic heterocycles. The Morgan fingerprint density at radius 1 is 1.10 bits per heavy atom. The van der Waals surface area contributed by atoms with E-state index in [-0.39, 0.29) is 0 Å². The summed E-state index contributed by atoms with van der Waals surface area (Å²) in [4.78, 5) is 0. The Kier molecular flexibility index (Phi) is 4.62. The van der Waals surface area contributed by atoms with Crippen molar-refractivity contribution >= 4 is 12.6 Å². The van der Waals surface area contributed by atoms with E-state index in [1.807, 2.05) is 0 Å². The first-order valence-corrected chi connectivity index (χ1v) is 9.44. The molecule has 0 heterocycles. The average molecular weight is 297 g/mol. The van der Waals surface area contributed by atoms with Gasteiger partial charge >= 0.3 is 0 Å². The molecule has 118 valence electrons. The lowest BCUT2D eigenvalue weighted by atomic mass is 9.51. The highest BCUT2D eigenvalue weighted by Gasteiger charge is 2.55. The van der Waals surface area contributed by atoms with Crippen LogP contribution in [0, 0.1) is 28.1 Å². The van der Waals surface area contributed by atoms with Gasteiger partial charge in [-0.25, -0.2) is 0 Å². The maximum atomic E-state index is 4.89. The van der Waals surface area contributed by atoms with Gasteiger partial charge in [0.15, 0.2) is 0 Å². The summed E-state index contributed by atoms with van der Waals surface area (Å²) in [6.45, 7) is 14.8. The molecule has 0 aromatic carbocycles. The van der Waals surface area contributed by atoms with Gasteiger partial charge in [0.2, 0.25) is 0 Å². The second-order valence-electron chi connectivity index (χ2n) is 8.52. The van der Waals surface area contributed by atoms with Gasteiger partial charge in [-0.15, -0.1) is 0 Å². The highest BCUT2D eigenvalue weighted by Crippen LogP contribution is 2.64. The Balaban J connectivity index is 2.40. The summed E-state index contributed by atoms with van der Waals surface area (Å²) < 4.78 is 0. The molecular weight excluding hydrogens is 260 g/mol. The maximum absolute atomic E-state index is 4.89. The van der Waals surface area contributed by atoms with Crippen molar-refractivity contribution in [1.29, 1.82) is 0 Å². The third-order valence-corrected chi connectivity index (χ3v) is 8.89. The maximum Gasteiger partial charge on any atom is 0.00449 e. The molecule has 0 amide bonds. The standard InChI is InChI=1S/C19H36S/c1-7-17(5)10-9-16-13-19(17,8-2)12-11-18(6,14(16)3)15(4)20/h14-16,20H,7-13H2,1-6H3. The lowest BCUT2D eigenvalue weighted by Crippen LogP contribution is -2.44. The van der Waals surface area contributed by atoms with E-state index in [2.05, 4.69) is 41.5 Å². The molecule has 0 aromatic rings. The van der Waals surface area contributed by atoms with Crippen molar-refractivity contribution in [2.24, 2.45) is 28.1 Å². The fraction of sp³-hybridized carbons (Fsp3) is 1.00. The van der Waals surface area contributed by atoms with Crippen LogP contribution in [0.15, 0.2) is 0 Å². The molecule has 2 aliphatic carbocycles. The third kappa shape index (κ3) is 2.27. The summed E-state index contributed by atoms with van der Waals surface area (Å²) in [6, 6.07) is 0. The van der Waals surface area contributed by atoms with Crippen LogP contribution in [0.25, 0.3) is 0 Å². The minimum absolute atomic E-state index is 0.420. The largest absolute Gasteiger partial charge is 0.176 e. The highest BCUT2D eigenvalue weighted by atomic mass is 32.1. The van der Waals surface area contributed by atoms with E-state index in [1.54, 1.807) is 0 Å². The van der Waals surface area contributed by atoms with E-state index in [0.29, 0.717) is 21.5 Å². The molecule has 2 bridgehead atoms. The van der Waals surface area contributed by atoms with Gasteiger partial charge < -0.3 is 0 Å². The van der Waals surface area contributed by atoms with E-state index in [9.17, 15) is 0 Å². The molecule has 2 fully saturated rings.